The molecular formula is C19H25N3O3S. The van der Waals surface area contributed by atoms with E-state index >= 15 is 0 Å². The maximum absolute atomic E-state index is 12.2. The maximum Gasteiger partial charge on any atom is 0.319 e. The minimum atomic E-state index is -3.43. The highest BCUT2D eigenvalue weighted by Crippen LogP contribution is 2.13. The summed E-state index contributed by atoms with van der Waals surface area (Å²) in [4.78, 5) is 12.1. The normalized spacial score (nSPS) is 11.4. The van der Waals surface area contributed by atoms with Crippen LogP contribution in [0.4, 0.5) is 10.5 Å². The van der Waals surface area contributed by atoms with E-state index in [2.05, 4.69) is 15.4 Å². The molecule has 0 aliphatic carbocycles. The molecule has 2 aromatic carbocycles. The highest BCUT2D eigenvalue weighted by molar-refractivity contribution is 7.88. The van der Waals surface area contributed by atoms with Crippen LogP contribution in [0, 0.1) is 6.92 Å². The molecule has 2 rings (SSSR count). The lowest BCUT2D eigenvalue weighted by Gasteiger charge is -2.14. The smallest absolute Gasteiger partial charge is 0.319 e. The van der Waals surface area contributed by atoms with E-state index in [1.54, 1.807) is 26.0 Å². The molecule has 2 amide bonds. The zero-order valence-electron chi connectivity index (χ0n) is 15.2. The van der Waals surface area contributed by atoms with Crippen molar-refractivity contribution in [3.8, 4) is 0 Å². The van der Waals surface area contributed by atoms with Crippen molar-refractivity contribution in [2.75, 3.05) is 5.32 Å². The zero-order valence-corrected chi connectivity index (χ0v) is 16.1. The fourth-order valence-corrected chi connectivity index (χ4v) is 4.04. The number of amides is 2. The van der Waals surface area contributed by atoms with Gasteiger partial charge in [-0.3, -0.25) is 0 Å². The summed E-state index contributed by atoms with van der Waals surface area (Å²) in [5, 5.41) is 5.53. The van der Waals surface area contributed by atoms with Gasteiger partial charge in [-0.2, -0.15) is 0 Å². The van der Waals surface area contributed by atoms with E-state index in [1.165, 1.54) is 0 Å². The molecule has 3 N–H and O–H groups in total. The fourth-order valence-electron chi connectivity index (χ4n) is 2.55. The van der Waals surface area contributed by atoms with E-state index in [0.29, 0.717) is 11.3 Å². The number of hydrogen-bond donors (Lipinski definition) is 3. The number of benzene rings is 2. The average Bonchev–Trinajstić information content (AvgIpc) is 2.52. The number of urea groups is 1. The van der Waals surface area contributed by atoms with E-state index in [0.717, 1.165) is 11.1 Å². The van der Waals surface area contributed by atoms with Gasteiger partial charge in [-0.15, -0.1) is 0 Å². The van der Waals surface area contributed by atoms with Gasteiger partial charge in [0.2, 0.25) is 10.0 Å². The van der Waals surface area contributed by atoms with E-state index in [1.807, 2.05) is 43.3 Å². The number of carbonyl (C=O) groups excluding carboxylic acids is 1. The molecule has 0 saturated carbocycles. The van der Waals surface area contributed by atoms with Crippen molar-refractivity contribution in [1.29, 1.82) is 0 Å². The Kier molecular flexibility index (Phi) is 6.76. The van der Waals surface area contributed by atoms with E-state index in [9.17, 15) is 13.2 Å². The molecule has 0 spiro atoms. The minimum Gasteiger partial charge on any atom is -0.334 e. The topological polar surface area (TPSA) is 87.3 Å². The van der Waals surface area contributed by atoms with E-state index in [-0.39, 0.29) is 24.4 Å². The molecule has 2 aromatic rings. The van der Waals surface area contributed by atoms with Gasteiger partial charge in [0.25, 0.3) is 0 Å². The van der Waals surface area contributed by atoms with Crippen LogP contribution in [0.2, 0.25) is 0 Å². The third kappa shape index (κ3) is 6.50. The monoisotopic (exact) mass is 375 g/mol. The Morgan fingerprint density at radius 1 is 1.04 bits per heavy atom. The Bertz CT molecular complexity index is 864. The van der Waals surface area contributed by atoms with E-state index < -0.39 is 10.0 Å². The van der Waals surface area contributed by atoms with Crippen molar-refractivity contribution in [1.82, 2.24) is 10.0 Å². The number of sulfonamides is 1. The first kappa shape index (κ1) is 19.9. The minimum absolute atomic E-state index is 0.122. The SMILES string of the molecule is Cc1cccc(NC(=O)NCc2ccccc2CS(=O)(=O)NC(C)C)c1. The predicted octanol–water partition coefficient (Wildman–Crippen LogP) is 3.14. The molecule has 6 nitrogen and oxygen atoms in total. The molecule has 0 heterocycles. The van der Waals surface area contributed by atoms with Crippen LogP contribution in [-0.4, -0.2) is 20.5 Å². The standard InChI is InChI=1S/C19H25N3O3S/c1-14(2)22-26(24,25)13-17-9-5-4-8-16(17)12-20-19(23)21-18-10-6-7-15(3)11-18/h4-11,14,22H,12-13H2,1-3H3,(H2,20,21,23). The van der Waals surface area contributed by atoms with Crippen LogP contribution in [0.1, 0.15) is 30.5 Å². The summed E-state index contributed by atoms with van der Waals surface area (Å²) in [6.07, 6.45) is 0. The molecule has 0 aliphatic rings. The third-order valence-corrected chi connectivity index (χ3v) is 5.12. The highest BCUT2D eigenvalue weighted by Gasteiger charge is 2.15. The lowest BCUT2D eigenvalue weighted by molar-refractivity contribution is 0.251. The van der Waals surface area contributed by atoms with Crippen molar-refractivity contribution in [2.45, 2.75) is 39.1 Å². The number of hydrogen-bond acceptors (Lipinski definition) is 3. The van der Waals surface area contributed by atoms with Crippen molar-refractivity contribution in [2.24, 2.45) is 0 Å². The summed E-state index contributed by atoms with van der Waals surface area (Å²) in [7, 11) is -3.43. The molecule has 0 bridgehead atoms. The molecule has 0 saturated heterocycles. The van der Waals surface area contributed by atoms with Gasteiger partial charge in [0.05, 0.1) is 5.75 Å². The molecule has 0 atom stereocenters. The third-order valence-electron chi connectivity index (χ3n) is 3.59. The van der Waals surface area contributed by atoms with Gasteiger partial charge in [0.1, 0.15) is 0 Å². The summed E-state index contributed by atoms with van der Waals surface area (Å²) < 4.78 is 26.9. The number of rotatable bonds is 7. The molecule has 0 radical (unpaired) electrons. The van der Waals surface area contributed by atoms with Crippen LogP contribution < -0.4 is 15.4 Å². The Morgan fingerprint density at radius 3 is 2.38 bits per heavy atom. The Morgan fingerprint density at radius 2 is 1.73 bits per heavy atom. The Hall–Kier alpha value is -2.38. The van der Waals surface area contributed by atoms with Gasteiger partial charge in [0.15, 0.2) is 0 Å². The van der Waals surface area contributed by atoms with Gasteiger partial charge in [-0.25, -0.2) is 17.9 Å². The highest BCUT2D eigenvalue weighted by atomic mass is 32.2. The van der Waals surface area contributed by atoms with E-state index in [4.69, 9.17) is 0 Å². The van der Waals surface area contributed by atoms with Gasteiger partial charge in [-0.1, -0.05) is 36.4 Å². The molecule has 140 valence electrons. The van der Waals surface area contributed by atoms with Gasteiger partial charge in [-0.05, 0) is 49.6 Å². The van der Waals surface area contributed by atoms with Crippen molar-refractivity contribution >= 4 is 21.7 Å². The lowest BCUT2D eigenvalue weighted by Crippen LogP contribution is -2.32. The van der Waals surface area contributed by atoms with Crippen LogP contribution in [0.5, 0.6) is 0 Å². The van der Waals surface area contributed by atoms with Gasteiger partial charge < -0.3 is 10.6 Å². The molecule has 26 heavy (non-hydrogen) atoms. The summed E-state index contributed by atoms with van der Waals surface area (Å²) in [6.45, 7) is 5.75. The summed E-state index contributed by atoms with van der Waals surface area (Å²) in [5.74, 6) is -0.122. The molecule has 0 unspecified atom stereocenters. The summed E-state index contributed by atoms with van der Waals surface area (Å²) in [5.41, 5.74) is 3.19. The van der Waals surface area contributed by atoms with Crippen molar-refractivity contribution in [3.05, 3.63) is 65.2 Å². The fraction of sp³-hybridized carbons (Fsp3) is 0.316. The predicted molar refractivity (Wildman–Crippen MR) is 104 cm³/mol. The first-order valence-electron chi connectivity index (χ1n) is 8.43. The molecular weight excluding hydrogens is 350 g/mol. The Balaban J connectivity index is 2.00. The Labute approximate surface area is 155 Å². The van der Waals surface area contributed by atoms with Crippen LogP contribution in [0.25, 0.3) is 0 Å². The number of aryl methyl sites for hydroxylation is 1. The quantitative estimate of drug-likeness (QED) is 0.695. The summed E-state index contributed by atoms with van der Waals surface area (Å²) in [6, 6.07) is 14.2. The average molecular weight is 375 g/mol. The number of nitrogens with one attached hydrogen (secondary N) is 3. The second kappa shape index (κ2) is 8.82. The molecule has 7 heteroatoms. The largest absolute Gasteiger partial charge is 0.334 e. The van der Waals surface area contributed by atoms with Crippen LogP contribution in [0.15, 0.2) is 48.5 Å². The second-order valence-electron chi connectivity index (χ2n) is 6.48. The molecule has 0 aromatic heterocycles. The van der Waals surface area contributed by atoms with Crippen LogP contribution in [0.3, 0.4) is 0 Å². The summed E-state index contributed by atoms with van der Waals surface area (Å²) >= 11 is 0. The van der Waals surface area contributed by atoms with Crippen molar-refractivity contribution in [3.63, 3.8) is 0 Å². The van der Waals surface area contributed by atoms with Crippen molar-refractivity contribution < 1.29 is 13.2 Å². The van der Waals surface area contributed by atoms with Crippen LogP contribution in [-0.2, 0) is 22.3 Å². The number of carbonyl (C=O) groups is 1. The molecule has 0 fully saturated rings. The zero-order chi connectivity index (χ0) is 19.2. The first-order valence-corrected chi connectivity index (χ1v) is 10.1. The van der Waals surface area contributed by atoms with Crippen LogP contribution >= 0.6 is 0 Å². The van der Waals surface area contributed by atoms with Gasteiger partial charge >= 0.3 is 6.03 Å². The molecule has 0 aliphatic heterocycles. The second-order valence-corrected chi connectivity index (χ2v) is 8.23. The maximum atomic E-state index is 12.2. The number of anilines is 1. The van der Waals surface area contributed by atoms with Gasteiger partial charge in [0, 0.05) is 18.3 Å². The lowest BCUT2D eigenvalue weighted by atomic mass is 10.1. The first-order chi connectivity index (χ1) is 12.2.